The number of aromatic nitrogens is 4. The van der Waals surface area contributed by atoms with Gasteiger partial charge in [-0.1, -0.05) is 11.3 Å². The largest absolute Gasteiger partial charge is 0.468 e. The van der Waals surface area contributed by atoms with Crippen LogP contribution in [0.1, 0.15) is 5.89 Å². The average molecular weight is 311 g/mol. The average Bonchev–Trinajstić information content (AvgIpc) is 3.06. The lowest BCUT2D eigenvalue weighted by Gasteiger charge is -2.04. The zero-order valence-electron chi connectivity index (χ0n) is 10.8. The van der Waals surface area contributed by atoms with Gasteiger partial charge in [0, 0.05) is 6.20 Å². The molecule has 3 rings (SSSR count). The van der Waals surface area contributed by atoms with Gasteiger partial charge in [-0.2, -0.15) is 13.2 Å². The molecule has 114 valence electrons. The number of amides is 1. The number of hydrogen-bond acceptors (Lipinski definition) is 5. The molecule has 1 amide bonds. The van der Waals surface area contributed by atoms with E-state index in [9.17, 15) is 18.0 Å². The van der Waals surface area contributed by atoms with E-state index in [0.29, 0.717) is 0 Å². The summed E-state index contributed by atoms with van der Waals surface area (Å²) in [6.45, 7) is -0.125. The van der Waals surface area contributed by atoms with Crippen LogP contribution in [0.5, 0.6) is 0 Å². The summed E-state index contributed by atoms with van der Waals surface area (Å²) in [7, 11) is 0. The molecule has 7 nitrogen and oxygen atoms in total. The second kappa shape index (κ2) is 5.13. The van der Waals surface area contributed by atoms with E-state index in [1.54, 1.807) is 0 Å². The lowest BCUT2D eigenvalue weighted by Crippen LogP contribution is -2.19. The van der Waals surface area contributed by atoms with Crippen molar-refractivity contribution >= 4 is 22.7 Å². The number of rotatable bonds is 3. The third-order valence-corrected chi connectivity index (χ3v) is 2.71. The second-order valence-corrected chi connectivity index (χ2v) is 4.32. The van der Waals surface area contributed by atoms with Gasteiger partial charge in [-0.05, 0) is 12.1 Å². The predicted octanol–water partition coefficient (Wildman–Crippen LogP) is 2.08. The molecule has 0 aliphatic carbocycles. The van der Waals surface area contributed by atoms with Crippen molar-refractivity contribution in [3.05, 3.63) is 36.5 Å². The molecule has 0 bridgehead atoms. The summed E-state index contributed by atoms with van der Waals surface area (Å²) in [5, 5.41) is 9.63. The molecule has 0 spiro atoms. The van der Waals surface area contributed by atoms with Gasteiger partial charge in [-0.25, -0.2) is 9.67 Å². The molecular formula is C12H8F3N5O2. The van der Waals surface area contributed by atoms with Gasteiger partial charge in [-0.15, -0.1) is 5.10 Å². The van der Waals surface area contributed by atoms with Crippen LogP contribution in [0.15, 0.2) is 35.0 Å². The molecule has 0 radical (unpaired) electrons. The number of anilines is 1. The number of fused-ring (bicyclic) bond motifs is 1. The van der Waals surface area contributed by atoms with Crippen molar-refractivity contribution in [3.8, 4) is 0 Å². The zero-order valence-corrected chi connectivity index (χ0v) is 10.8. The van der Waals surface area contributed by atoms with Crippen LogP contribution in [0.4, 0.5) is 18.9 Å². The molecule has 1 aromatic carbocycles. The lowest BCUT2D eigenvalue weighted by atomic mass is 10.2. The molecule has 0 aliphatic rings. The first-order valence-electron chi connectivity index (χ1n) is 6.04. The van der Waals surface area contributed by atoms with Gasteiger partial charge in [0.2, 0.25) is 5.91 Å². The maximum Gasteiger partial charge on any atom is 0.468 e. The Morgan fingerprint density at radius 2 is 2.18 bits per heavy atom. The van der Waals surface area contributed by atoms with Crippen LogP contribution in [-0.4, -0.2) is 25.9 Å². The molecule has 0 saturated heterocycles. The van der Waals surface area contributed by atoms with E-state index in [2.05, 4.69) is 25.0 Å². The molecule has 0 saturated carbocycles. The quantitative estimate of drug-likeness (QED) is 0.800. The van der Waals surface area contributed by atoms with Gasteiger partial charge in [0.1, 0.15) is 12.1 Å². The van der Waals surface area contributed by atoms with Crippen molar-refractivity contribution in [2.75, 3.05) is 5.32 Å². The van der Waals surface area contributed by atoms with E-state index < -0.39 is 18.0 Å². The van der Waals surface area contributed by atoms with Gasteiger partial charge in [0.25, 0.3) is 0 Å². The molecule has 0 atom stereocenters. The van der Waals surface area contributed by atoms with Crippen molar-refractivity contribution in [1.82, 2.24) is 20.0 Å². The zero-order chi connectivity index (χ0) is 15.7. The van der Waals surface area contributed by atoms with E-state index in [1.807, 2.05) is 0 Å². The summed E-state index contributed by atoms with van der Waals surface area (Å²) in [6, 6.07) is 4.23. The Morgan fingerprint density at radius 3 is 2.86 bits per heavy atom. The first-order valence-corrected chi connectivity index (χ1v) is 6.04. The molecule has 22 heavy (non-hydrogen) atoms. The number of hydrogen-bond donors (Lipinski definition) is 1. The molecular weight excluding hydrogens is 303 g/mol. The Hall–Kier alpha value is -2.91. The highest BCUT2D eigenvalue weighted by atomic mass is 19.4. The van der Waals surface area contributed by atoms with Crippen LogP contribution >= 0.6 is 0 Å². The van der Waals surface area contributed by atoms with Crippen molar-refractivity contribution in [2.24, 2.45) is 0 Å². The third-order valence-electron chi connectivity index (χ3n) is 2.71. The fraction of sp³-hybridized carbons (Fsp3) is 0.167. The predicted molar refractivity (Wildman–Crippen MR) is 67.7 cm³/mol. The van der Waals surface area contributed by atoms with Crippen LogP contribution in [0.2, 0.25) is 0 Å². The minimum absolute atomic E-state index is 0.0640. The number of oxazole rings is 1. The molecule has 2 heterocycles. The summed E-state index contributed by atoms with van der Waals surface area (Å²) < 4.78 is 43.8. The summed E-state index contributed by atoms with van der Waals surface area (Å²) in [4.78, 5) is 15.2. The van der Waals surface area contributed by atoms with Crippen LogP contribution in [-0.2, 0) is 17.5 Å². The Labute approximate surface area is 120 Å². The number of para-hydroxylation sites is 1. The van der Waals surface area contributed by atoms with Crippen LogP contribution in [0.3, 0.4) is 0 Å². The topological polar surface area (TPSA) is 85.8 Å². The summed E-state index contributed by atoms with van der Waals surface area (Å²) in [6.07, 6.45) is -1.81. The summed E-state index contributed by atoms with van der Waals surface area (Å²) >= 11 is 0. The van der Waals surface area contributed by atoms with Crippen LogP contribution < -0.4 is 5.32 Å². The monoisotopic (exact) mass is 311 g/mol. The molecule has 0 aliphatic heterocycles. The molecule has 3 aromatic rings. The fourth-order valence-corrected chi connectivity index (χ4v) is 1.82. The Bertz CT molecular complexity index is 810. The maximum atomic E-state index is 12.6. The Kier molecular flexibility index (Phi) is 3.28. The van der Waals surface area contributed by atoms with Crippen molar-refractivity contribution in [2.45, 2.75) is 12.7 Å². The van der Waals surface area contributed by atoms with Gasteiger partial charge in [0.15, 0.2) is 5.58 Å². The van der Waals surface area contributed by atoms with Crippen molar-refractivity contribution in [3.63, 3.8) is 0 Å². The molecule has 1 N–H and O–H groups in total. The van der Waals surface area contributed by atoms with Gasteiger partial charge >= 0.3 is 12.1 Å². The first-order chi connectivity index (χ1) is 10.4. The highest BCUT2D eigenvalue weighted by Crippen LogP contribution is 2.33. The fourth-order valence-electron chi connectivity index (χ4n) is 1.82. The van der Waals surface area contributed by atoms with Gasteiger partial charge in [-0.3, -0.25) is 4.79 Å². The van der Waals surface area contributed by atoms with Crippen LogP contribution in [0, 0.1) is 0 Å². The molecule has 0 unspecified atom stereocenters. The summed E-state index contributed by atoms with van der Waals surface area (Å²) in [5.41, 5.74) is -0.00508. The Balaban J connectivity index is 1.87. The van der Waals surface area contributed by atoms with Crippen molar-refractivity contribution < 1.29 is 22.4 Å². The number of carbonyl (C=O) groups is 1. The minimum Gasteiger partial charge on any atom is -0.433 e. The lowest BCUT2D eigenvalue weighted by molar-refractivity contribution is -0.156. The standard InChI is InChI=1S/C12H8F3N5O2/c13-12(14,15)11-18-10-7(2-1-3-8(10)22-11)17-9(21)6-20-5-4-16-19-20/h1-5H,6H2,(H,17,21). The number of nitrogens with zero attached hydrogens (tertiary/aromatic N) is 4. The minimum atomic E-state index is -4.69. The Morgan fingerprint density at radius 1 is 1.36 bits per heavy atom. The first kappa shape index (κ1) is 14.0. The van der Waals surface area contributed by atoms with E-state index in [1.165, 1.54) is 35.3 Å². The van der Waals surface area contributed by atoms with Gasteiger partial charge in [0.05, 0.1) is 11.9 Å². The number of carbonyl (C=O) groups excluding carboxylic acids is 1. The number of benzene rings is 1. The van der Waals surface area contributed by atoms with E-state index >= 15 is 0 Å². The number of halogens is 3. The van der Waals surface area contributed by atoms with Crippen LogP contribution in [0.25, 0.3) is 11.1 Å². The van der Waals surface area contributed by atoms with Crippen molar-refractivity contribution in [1.29, 1.82) is 0 Å². The van der Waals surface area contributed by atoms with Gasteiger partial charge < -0.3 is 9.73 Å². The molecule has 2 aromatic heterocycles. The third kappa shape index (κ3) is 2.75. The highest BCUT2D eigenvalue weighted by Gasteiger charge is 2.37. The SMILES string of the molecule is O=C(Cn1ccnn1)Nc1cccc2oc(C(F)(F)F)nc12. The van der Waals surface area contributed by atoms with E-state index in [-0.39, 0.29) is 23.3 Å². The number of alkyl halides is 3. The van der Waals surface area contributed by atoms with E-state index in [4.69, 9.17) is 0 Å². The second-order valence-electron chi connectivity index (χ2n) is 4.32. The molecule has 0 fully saturated rings. The van der Waals surface area contributed by atoms with E-state index in [0.717, 1.165) is 0 Å². The smallest absolute Gasteiger partial charge is 0.433 e. The number of nitrogens with one attached hydrogen (secondary N) is 1. The normalized spacial score (nSPS) is 11.8. The molecule has 10 heteroatoms. The maximum absolute atomic E-state index is 12.6. The summed E-state index contributed by atoms with van der Waals surface area (Å²) in [5.74, 6) is -1.84. The highest BCUT2D eigenvalue weighted by molar-refractivity contribution is 5.98.